The van der Waals surface area contributed by atoms with Gasteiger partial charge in [-0.3, -0.25) is 14.9 Å². The number of nitrogens with zero attached hydrogens (tertiary/aromatic N) is 2. The van der Waals surface area contributed by atoms with Gasteiger partial charge in [-0.2, -0.15) is 0 Å². The zero-order chi connectivity index (χ0) is 24.0. The lowest BCUT2D eigenvalue weighted by molar-refractivity contribution is -0.384. The first kappa shape index (κ1) is 24.6. The van der Waals surface area contributed by atoms with Gasteiger partial charge in [0.2, 0.25) is 0 Å². The Labute approximate surface area is 185 Å². The zero-order valence-corrected chi connectivity index (χ0v) is 18.7. The molecule has 0 aliphatic carbocycles. The van der Waals surface area contributed by atoms with Crippen molar-refractivity contribution in [2.45, 2.75) is 33.1 Å². The van der Waals surface area contributed by atoms with Gasteiger partial charge in [0.05, 0.1) is 49.2 Å². The van der Waals surface area contributed by atoms with Crippen molar-refractivity contribution in [3.8, 4) is 0 Å². The number of nitro groups is 1. The summed E-state index contributed by atoms with van der Waals surface area (Å²) in [6, 6.07) is 5.71. The van der Waals surface area contributed by atoms with Gasteiger partial charge in [0.25, 0.3) is 5.69 Å². The maximum atomic E-state index is 12.8. The summed E-state index contributed by atoms with van der Waals surface area (Å²) in [5.74, 6) is -2.77. The molecule has 0 saturated heterocycles. The molecular weight excluding hydrogens is 420 g/mol. The van der Waals surface area contributed by atoms with Crippen LogP contribution in [0.3, 0.4) is 0 Å². The van der Waals surface area contributed by atoms with Crippen molar-refractivity contribution in [3.63, 3.8) is 0 Å². The Hall–Kier alpha value is -3.69. The van der Waals surface area contributed by atoms with E-state index in [1.54, 1.807) is 31.7 Å². The van der Waals surface area contributed by atoms with E-state index in [4.69, 9.17) is 14.2 Å². The zero-order valence-electron chi connectivity index (χ0n) is 18.7. The van der Waals surface area contributed by atoms with Crippen LogP contribution in [0.25, 0.3) is 0 Å². The summed E-state index contributed by atoms with van der Waals surface area (Å²) in [4.78, 5) is 50.0. The molecule has 2 rings (SSSR count). The van der Waals surface area contributed by atoms with E-state index in [0.29, 0.717) is 17.0 Å². The maximum Gasteiger partial charge on any atom is 0.336 e. The van der Waals surface area contributed by atoms with Gasteiger partial charge in [-0.15, -0.1) is 0 Å². The normalized spacial score (nSPS) is 14.3. The summed E-state index contributed by atoms with van der Waals surface area (Å²) in [6.07, 6.45) is 0.0207. The topological polar surface area (TPSA) is 125 Å². The van der Waals surface area contributed by atoms with Gasteiger partial charge in [0, 0.05) is 30.1 Å². The van der Waals surface area contributed by atoms with Gasteiger partial charge in [-0.25, -0.2) is 9.59 Å². The Bertz CT molecular complexity index is 955. The molecule has 0 N–H and O–H groups in total. The molecule has 1 aromatic rings. The first-order chi connectivity index (χ1) is 15.2. The van der Waals surface area contributed by atoms with Crippen molar-refractivity contribution in [2.24, 2.45) is 0 Å². The molecule has 1 aromatic carbocycles. The highest BCUT2D eigenvalue weighted by molar-refractivity contribution is 5.99. The third-order valence-corrected chi connectivity index (χ3v) is 5.24. The number of methoxy groups -OCH3 is 2. The van der Waals surface area contributed by atoms with Gasteiger partial charge in [0.15, 0.2) is 0 Å². The SMILES string of the molecule is CCOC(=O)CCN1C(C)=C(C(=O)OC)C(c2cccc([N+](=O)[O-])c2)C(C(=O)OC)=C1C. The monoisotopic (exact) mass is 446 g/mol. The maximum absolute atomic E-state index is 12.8. The molecule has 0 unspecified atom stereocenters. The fourth-order valence-corrected chi connectivity index (χ4v) is 3.78. The number of allylic oxidation sites excluding steroid dienone is 2. The largest absolute Gasteiger partial charge is 0.466 e. The number of nitro benzene ring substituents is 1. The van der Waals surface area contributed by atoms with Crippen molar-refractivity contribution in [1.29, 1.82) is 0 Å². The second-order valence-corrected chi connectivity index (χ2v) is 6.97. The number of hydrogen-bond donors (Lipinski definition) is 0. The van der Waals surface area contributed by atoms with Crippen molar-refractivity contribution in [3.05, 3.63) is 62.5 Å². The highest BCUT2D eigenvalue weighted by Crippen LogP contribution is 2.43. The highest BCUT2D eigenvalue weighted by Gasteiger charge is 2.40. The van der Waals surface area contributed by atoms with Crippen molar-refractivity contribution >= 4 is 23.6 Å². The molecule has 0 fully saturated rings. The first-order valence-corrected chi connectivity index (χ1v) is 9.93. The fourth-order valence-electron chi connectivity index (χ4n) is 3.78. The number of carbonyl (C=O) groups excluding carboxylic acids is 3. The molecular formula is C22H26N2O8. The average Bonchev–Trinajstić information content (AvgIpc) is 2.77. The number of carbonyl (C=O) groups is 3. The molecule has 0 saturated carbocycles. The Morgan fingerprint density at radius 3 is 2.09 bits per heavy atom. The lowest BCUT2D eigenvalue weighted by Crippen LogP contribution is -2.36. The molecule has 0 bridgehead atoms. The molecule has 1 heterocycles. The number of hydrogen-bond acceptors (Lipinski definition) is 9. The second-order valence-electron chi connectivity index (χ2n) is 6.97. The van der Waals surface area contributed by atoms with E-state index in [2.05, 4.69) is 0 Å². The average molecular weight is 446 g/mol. The summed E-state index contributed by atoms with van der Waals surface area (Å²) in [6.45, 7) is 5.42. The van der Waals surface area contributed by atoms with E-state index < -0.39 is 28.7 Å². The van der Waals surface area contributed by atoms with Gasteiger partial charge in [-0.1, -0.05) is 12.1 Å². The van der Waals surface area contributed by atoms with E-state index in [1.807, 2.05) is 0 Å². The Balaban J connectivity index is 2.70. The molecule has 10 heteroatoms. The van der Waals surface area contributed by atoms with Crippen LogP contribution in [0.15, 0.2) is 46.8 Å². The number of non-ortho nitro benzene ring substituents is 1. The van der Waals surface area contributed by atoms with E-state index in [0.717, 1.165) is 0 Å². The second kappa shape index (κ2) is 10.6. The van der Waals surface area contributed by atoms with Crippen LogP contribution in [0.5, 0.6) is 0 Å². The van der Waals surface area contributed by atoms with Gasteiger partial charge in [0.1, 0.15) is 0 Å². The third-order valence-electron chi connectivity index (χ3n) is 5.24. The Morgan fingerprint density at radius 1 is 1.06 bits per heavy atom. The van der Waals surface area contributed by atoms with Crippen LogP contribution < -0.4 is 0 Å². The molecule has 1 aliphatic rings. The van der Waals surface area contributed by atoms with Crippen molar-refractivity contribution < 1.29 is 33.5 Å². The minimum Gasteiger partial charge on any atom is -0.466 e. The predicted octanol–water partition coefficient (Wildman–Crippen LogP) is 2.84. The molecule has 32 heavy (non-hydrogen) atoms. The predicted molar refractivity (Wildman–Crippen MR) is 113 cm³/mol. The summed E-state index contributed by atoms with van der Waals surface area (Å²) in [5.41, 5.74) is 1.36. The highest BCUT2D eigenvalue weighted by atomic mass is 16.6. The minimum absolute atomic E-state index is 0.0207. The molecule has 0 amide bonds. The molecule has 1 aliphatic heterocycles. The molecule has 0 aromatic heterocycles. The smallest absolute Gasteiger partial charge is 0.336 e. The number of ether oxygens (including phenoxy) is 3. The van der Waals surface area contributed by atoms with Crippen LogP contribution >= 0.6 is 0 Å². The lowest BCUT2D eigenvalue weighted by Gasteiger charge is -2.37. The number of rotatable bonds is 8. The molecule has 10 nitrogen and oxygen atoms in total. The standard InChI is InChI=1S/C22H26N2O8/c1-6-32-17(25)10-11-23-13(2)18(21(26)30-4)20(19(14(23)3)22(27)31-5)15-8-7-9-16(12-15)24(28)29/h7-9,12,20H,6,10-11H2,1-5H3. The summed E-state index contributed by atoms with van der Waals surface area (Å²) in [7, 11) is 2.41. The van der Waals surface area contributed by atoms with Gasteiger partial charge >= 0.3 is 17.9 Å². The van der Waals surface area contributed by atoms with Crippen molar-refractivity contribution in [2.75, 3.05) is 27.4 Å². The summed E-state index contributed by atoms with van der Waals surface area (Å²) in [5, 5.41) is 11.3. The Morgan fingerprint density at radius 2 is 1.62 bits per heavy atom. The lowest BCUT2D eigenvalue weighted by atomic mass is 9.79. The van der Waals surface area contributed by atoms with E-state index in [9.17, 15) is 24.5 Å². The van der Waals surface area contributed by atoms with Gasteiger partial charge < -0.3 is 19.1 Å². The van der Waals surface area contributed by atoms with E-state index in [1.165, 1.54) is 32.4 Å². The van der Waals surface area contributed by atoms with E-state index >= 15 is 0 Å². The number of benzene rings is 1. The quantitative estimate of drug-likeness (QED) is 0.256. The van der Waals surface area contributed by atoms with Crippen LogP contribution in [-0.4, -0.2) is 55.1 Å². The van der Waals surface area contributed by atoms with Crippen molar-refractivity contribution in [1.82, 2.24) is 4.90 Å². The van der Waals surface area contributed by atoms with Crippen LogP contribution in [-0.2, 0) is 28.6 Å². The third kappa shape index (κ3) is 4.96. The molecule has 172 valence electrons. The Kier molecular flexibility index (Phi) is 8.11. The van der Waals surface area contributed by atoms with Crippen LogP contribution in [0.4, 0.5) is 5.69 Å². The first-order valence-electron chi connectivity index (χ1n) is 9.93. The molecule has 0 radical (unpaired) electrons. The minimum atomic E-state index is -0.950. The summed E-state index contributed by atoms with van der Waals surface area (Å²) >= 11 is 0. The van der Waals surface area contributed by atoms with Crippen LogP contribution in [0, 0.1) is 10.1 Å². The summed E-state index contributed by atoms with van der Waals surface area (Å²) < 4.78 is 14.9. The van der Waals surface area contributed by atoms with E-state index in [-0.39, 0.29) is 36.4 Å². The van der Waals surface area contributed by atoms with Crippen LogP contribution in [0.1, 0.15) is 38.7 Å². The van der Waals surface area contributed by atoms with Crippen LogP contribution in [0.2, 0.25) is 0 Å². The fraction of sp³-hybridized carbons (Fsp3) is 0.409. The molecule has 0 atom stereocenters. The number of esters is 3. The molecule has 0 spiro atoms. The van der Waals surface area contributed by atoms with Gasteiger partial charge in [-0.05, 0) is 26.3 Å².